The maximum absolute atomic E-state index is 13.7. The Bertz CT molecular complexity index is 1220. The lowest BCUT2D eigenvalue weighted by Crippen LogP contribution is -2.10. The number of anilines is 2. The molecule has 150 valence electrons. The van der Waals surface area contributed by atoms with E-state index in [1.807, 2.05) is 0 Å². The number of hydrogen-bond donors (Lipinski definition) is 3. The van der Waals surface area contributed by atoms with Gasteiger partial charge in [-0.25, -0.2) is 4.98 Å². The Morgan fingerprint density at radius 3 is 2.62 bits per heavy atom. The monoisotopic (exact) mass is 401 g/mol. The third kappa shape index (κ3) is 3.23. The molecule has 4 rings (SSSR count). The zero-order valence-electron chi connectivity index (χ0n) is 15.5. The molecule has 0 aliphatic rings. The molecule has 0 spiro atoms. The molecule has 6 nitrogen and oxygen atoms in total. The van der Waals surface area contributed by atoms with E-state index in [0.717, 1.165) is 6.07 Å². The average molecular weight is 401 g/mol. The summed E-state index contributed by atoms with van der Waals surface area (Å²) in [4.78, 5) is 8.47. The number of aryl methyl sites for hydroxylation is 1. The number of rotatable bonds is 4. The highest BCUT2D eigenvalue weighted by Gasteiger charge is 2.34. The van der Waals surface area contributed by atoms with Crippen LogP contribution in [0, 0.1) is 0 Å². The first-order valence-corrected chi connectivity index (χ1v) is 8.88. The number of nitrogens with one attached hydrogen (secondary N) is 1. The number of nitrogens with two attached hydrogens (primary N) is 1. The van der Waals surface area contributed by atoms with Gasteiger partial charge in [0.15, 0.2) is 0 Å². The van der Waals surface area contributed by atoms with Crippen LogP contribution in [0.15, 0.2) is 42.6 Å². The van der Waals surface area contributed by atoms with Crippen molar-refractivity contribution in [1.82, 2.24) is 14.5 Å². The highest BCUT2D eigenvalue weighted by Crippen LogP contribution is 2.42. The highest BCUT2D eigenvalue weighted by molar-refractivity contribution is 6.16. The van der Waals surface area contributed by atoms with E-state index in [2.05, 4.69) is 15.3 Å². The van der Waals surface area contributed by atoms with Crippen molar-refractivity contribution in [2.75, 3.05) is 24.2 Å². The van der Waals surface area contributed by atoms with Crippen LogP contribution in [0.2, 0.25) is 0 Å². The van der Waals surface area contributed by atoms with Crippen molar-refractivity contribution in [1.29, 1.82) is 0 Å². The summed E-state index contributed by atoms with van der Waals surface area (Å²) in [5, 5.41) is 13.5. The van der Waals surface area contributed by atoms with Crippen LogP contribution in [-0.2, 0) is 13.2 Å². The molecule has 0 amide bonds. The second-order valence-electron chi connectivity index (χ2n) is 6.63. The summed E-state index contributed by atoms with van der Waals surface area (Å²) in [6.45, 7) is 0.138. The summed E-state index contributed by atoms with van der Waals surface area (Å²) in [7, 11) is 1.77. The molecule has 2 aromatic heterocycles. The molecule has 0 fully saturated rings. The van der Waals surface area contributed by atoms with Crippen LogP contribution in [0.3, 0.4) is 0 Å². The van der Waals surface area contributed by atoms with Crippen LogP contribution >= 0.6 is 0 Å². The maximum atomic E-state index is 13.7. The zero-order valence-corrected chi connectivity index (χ0v) is 15.5. The Kier molecular flexibility index (Phi) is 4.54. The fourth-order valence-corrected chi connectivity index (χ4v) is 3.61. The molecule has 2 aromatic carbocycles. The van der Waals surface area contributed by atoms with E-state index in [1.165, 1.54) is 12.1 Å². The van der Waals surface area contributed by atoms with Gasteiger partial charge in [0.1, 0.15) is 5.82 Å². The third-order valence-corrected chi connectivity index (χ3v) is 4.76. The molecule has 4 aromatic rings. The Labute approximate surface area is 163 Å². The first kappa shape index (κ1) is 19.0. The topological polar surface area (TPSA) is 89.0 Å². The largest absolute Gasteiger partial charge is 0.417 e. The van der Waals surface area contributed by atoms with Gasteiger partial charge in [-0.05, 0) is 23.8 Å². The average Bonchev–Trinajstić information content (AvgIpc) is 3.06. The Morgan fingerprint density at radius 1 is 1.14 bits per heavy atom. The van der Waals surface area contributed by atoms with Gasteiger partial charge in [0.25, 0.3) is 0 Å². The molecule has 0 unspecified atom stereocenters. The second-order valence-corrected chi connectivity index (χ2v) is 6.63. The molecular formula is C20H18F3N5O. The summed E-state index contributed by atoms with van der Waals surface area (Å²) in [6, 6.07) is 8.87. The van der Waals surface area contributed by atoms with E-state index in [4.69, 9.17) is 10.8 Å². The van der Waals surface area contributed by atoms with Gasteiger partial charge in [-0.1, -0.05) is 18.2 Å². The smallest absolute Gasteiger partial charge is 0.395 e. The summed E-state index contributed by atoms with van der Waals surface area (Å²) in [5.41, 5.74) is 6.61. The first-order valence-electron chi connectivity index (χ1n) is 8.88. The van der Waals surface area contributed by atoms with Crippen molar-refractivity contribution >= 4 is 33.6 Å². The number of halogens is 3. The molecule has 0 saturated heterocycles. The number of nitrogen functional groups attached to an aromatic ring is 1. The van der Waals surface area contributed by atoms with Crippen LogP contribution in [-0.4, -0.2) is 32.8 Å². The van der Waals surface area contributed by atoms with E-state index >= 15 is 0 Å². The lowest BCUT2D eigenvalue weighted by atomic mass is 9.95. The molecule has 0 bridgehead atoms. The fraction of sp³-hybridized carbons (Fsp3) is 0.200. The predicted octanol–water partition coefficient (Wildman–Crippen LogP) is 3.79. The van der Waals surface area contributed by atoms with Gasteiger partial charge < -0.3 is 20.7 Å². The predicted molar refractivity (Wildman–Crippen MR) is 106 cm³/mol. The number of benzene rings is 2. The minimum atomic E-state index is -4.50. The van der Waals surface area contributed by atoms with Gasteiger partial charge >= 0.3 is 6.18 Å². The number of alkyl halides is 3. The summed E-state index contributed by atoms with van der Waals surface area (Å²) >= 11 is 0. The maximum Gasteiger partial charge on any atom is 0.417 e. The van der Waals surface area contributed by atoms with Crippen molar-refractivity contribution in [3.63, 3.8) is 0 Å². The molecule has 0 atom stereocenters. The van der Waals surface area contributed by atoms with E-state index < -0.39 is 11.7 Å². The standard InChI is InChI=1S/C20H18F3N5O/c1-28-8-6-12-16-15(26-19(24)27-18(16)25-7-9-29)10-13(17(12)28)11-4-2-3-5-14(11)20(21,22)23/h2-6,8,10,29H,7,9H2,1H3,(H3,24,25,26,27). The van der Waals surface area contributed by atoms with E-state index in [0.29, 0.717) is 33.2 Å². The second kappa shape index (κ2) is 6.93. The van der Waals surface area contributed by atoms with E-state index in [9.17, 15) is 13.2 Å². The number of hydrogen-bond acceptors (Lipinski definition) is 5. The van der Waals surface area contributed by atoms with Gasteiger partial charge in [-0.3, -0.25) is 0 Å². The Hall–Kier alpha value is -3.33. The van der Waals surface area contributed by atoms with Gasteiger partial charge in [0.05, 0.1) is 28.6 Å². The molecule has 2 heterocycles. The minimum Gasteiger partial charge on any atom is -0.395 e. The summed E-state index contributed by atoms with van der Waals surface area (Å²) in [5.74, 6) is 0.414. The molecule has 4 N–H and O–H groups in total. The lowest BCUT2D eigenvalue weighted by Gasteiger charge is -2.16. The van der Waals surface area contributed by atoms with Crippen molar-refractivity contribution in [2.45, 2.75) is 6.18 Å². The number of nitrogens with zero attached hydrogens (tertiary/aromatic N) is 3. The number of aliphatic hydroxyl groups is 1. The highest BCUT2D eigenvalue weighted by atomic mass is 19.4. The molecule has 0 saturated carbocycles. The number of fused-ring (bicyclic) bond motifs is 3. The third-order valence-electron chi connectivity index (χ3n) is 4.76. The molecule has 0 aliphatic carbocycles. The Balaban J connectivity index is 2.11. The fourth-order valence-electron chi connectivity index (χ4n) is 3.61. The van der Waals surface area contributed by atoms with Crippen molar-refractivity contribution < 1.29 is 18.3 Å². The quantitative estimate of drug-likeness (QED) is 0.484. The van der Waals surface area contributed by atoms with Crippen LogP contribution in [0.5, 0.6) is 0 Å². The summed E-state index contributed by atoms with van der Waals surface area (Å²) in [6.07, 6.45) is -2.72. The lowest BCUT2D eigenvalue weighted by molar-refractivity contribution is -0.137. The Morgan fingerprint density at radius 2 is 1.90 bits per heavy atom. The minimum absolute atomic E-state index is 0.0109. The molecule has 0 aliphatic heterocycles. The zero-order chi connectivity index (χ0) is 20.8. The van der Waals surface area contributed by atoms with E-state index in [-0.39, 0.29) is 24.7 Å². The van der Waals surface area contributed by atoms with Gasteiger partial charge in [-0.2, -0.15) is 18.2 Å². The van der Waals surface area contributed by atoms with Gasteiger partial charge in [-0.15, -0.1) is 0 Å². The summed E-state index contributed by atoms with van der Waals surface area (Å²) < 4.78 is 42.7. The number of aliphatic hydroxyl groups excluding tert-OH is 1. The molecule has 9 heteroatoms. The van der Waals surface area contributed by atoms with E-state index in [1.54, 1.807) is 36.0 Å². The molecule has 0 radical (unpaired) electrons. The normalized spacial score (nSPS) is 12.0. The van der Waals surface area contributed by atoms with Crippen molar-refractivity contribution in [2.24, 2.45) is 7.05 Å². The van der Waals surface area contributed by atoms with Crippen LogP contribution < -0.4 is 11.1 Å². The van der Waals surface area contributed by atoms with Gasteiger partial charge in [0.2, 0.25) is 5.95 Å². The first-order chi connectivity index (χ1) is 13.8. The molecular weight excluding hydrogens is 383 g/mol. The SMILES string of the molecule is Cn1ccc2c3c(NCCO)nc(N)nc3cc(-c3ccccc3C(F)(F)F)c21. The number of aromatic nitrogens is 3. The van der Waals surface area contributed by atoms with Gasteiger partial charge in [0, 0.05) is 30.7 Å². The van der Waals surface area contributed by atoms with Crippen LogP contribution in [0.4, 0.5) is 24.9 Å². The molecule has 29 heavy (non-hydrogen) atoms. The van der Waals surface area contributed by atoms with Crippen molar-refractivity contribution in [3.8, 4) is 11.1 Å². The van der Waals surface area contributed by atoms with Crippen LogP contribution in [0.1, 0.15) is 5.56 Å². The van der Waals surface area contributed by atoms with Crippen LogP contribution in [0.25, 0.3) is 32.9 Å². The van der Waals surface area contributed by atoms with Crippen molar-refractivity contribution in [3.05, 3.63) is 48.2 Å².